The number of ether oxygens (including phenoxy) is 2. The van der Waals surface area contributed by atoms with Gasteiger partial charge in [-0.25, -0.2) is 0 Å². The van der Waals surface area contributed by atoms with Crippen LogP contribution in [0, 0.1) is 0 Å². The van der Waals surface area contributed by atoms with Crippen molar-refractivity contribution in [2.45, 2.75) is 39.3 Å². The number of nitrogens with one attached hydrogen (secondary N) is 2. The van der Waals surface area contributed by atoms with Crippen LogP contribution in [-0.4, -0.2) is 24.4 Å². The Morgan fingerprint density at radius 1 is 1.20 bits per heavy atom. The van der Waals surface area contributed by atoms with Crippen molar-refractivity contribution in [2.75, 3.05) is 13.2 Å². The molecule has 0 atom stereocenters. The molecule has 0 spiro atoms. The molecular weight excluding hydrogens is 272 g/mol. The Labute approximate surface area is 125 Å². The lowest BCUT2D eigenvalue weighted by Crippen LogP contribution is -2.36. The molecule has 0 bridgehead atoms. The predicted molar refractivity (Wildman–Crippen MR) is 84.4 cm³/mol. The van der Waals surface area contributed by atoms with Crippen LogP contribution in [-0.2, 0) is 6.54 Å². The molecule has 1 fully saturated rings. The minimum Gasteiger partial charge on any atom is -0.490 e. The third-order valence-electron chi connectivity index (χ3n) is 2.97. The van der Waals surface area contributed by atoms with E-state index < -0.39 is 0 Å². The first-order chi connectivity index (χ1) is 9.72. The van der Waals surface area contributed by atoms with Gasteiger partial charge in [-0.3, -0.25) is 0 Å². The van der Waals surface area contributed by atoms with Crippen LogP contribution >= 0.6 is 12.2 Å². The Kier molecular flexibility index (Phi) is 5.47. The van der Waals surface area contributed by atoms with Gasteiger partial charge >= 0.3 is 0 Å². The highest BCUT2D eigenvalue weighted by Gasteiger charge is 2.21. The monoisotopic (exact) mass is 294 g/mol. The Bertz CT molecular complexity index is 461. The molecule has 5 heteroatoms. The van der Waals surface area contributed by atoms with Gasteiger partial charge in [0.15, 0.2) is 16.6 Å². The van der Waals surface area contributed by atoms with Gasteiger partial charge in [-0.2, -0.15) is 0 Å². The van der Waals surface area contributed by atoms with Gasteiger partial charge in [0, 0.05) is 12.6 Å². The zero-order chi connectivity index (χ0) is 14.4. The minimum atomic E-state index is 0.578. The Morgan fingerprint density at radius 2 is 1.90 bits per heavy atom. The van der Waals surface area contributed by atoms with Crippen molar-refractivity contribution in [3.8, 4) is 11.5 Å². The van der Waals surface area contributed by atoms with Gasteiger partial charge in [-0.05, 0) is 56.6 Å². The first kappa shape index (κ1) is 14.9. The standard InChI is InChI=1S/C15H22N2O2S/c1-3-18-13-8-5-11(9-14(13)19-4-2)10-16-15(20)17-12-6-7-12/h5,8-9,12H,3-4,6-7,10H2,1-2H3,(H2,16,17,20). The third kappa shape index (κ3) is 4.56. The van der Waals surface area contributed by atoms with Crippen LogP contribution in [0.1, 0.15) is 32.3 Å². The molecule has 0 unspecified atom stereocenters. The molecule has 2 rings (SSSR count). The van der Waals surface area contributed by atoms with Crippen molar-refractivity contribution in [1.29, 1.82) is 0 Å². The van der Waals surface area contributed by atoms with Crippen LogP contribution in [0.2, 0.25) is 0 Å². The summed E-state index contributed by atoms with van der Waals surface area (Å²) in [6, 6.07) is 6.55. The summed E-state index contributed by atoms with van der Waals surface area (Å²) >= 11 is 5.24. The van der Waals surface area contributed by atoms with Gasteiger partial charge < -0.3 is 20.1 Å². The lowest BCUT2D eigenvalue weighted by molar-refractivity contribution is 0.287. The first-order valence-corrected chi connectivity index (χ1v) is 7.56. The molecule has 20 heavy (non-hydrogen) atoms. The topological polar surface area (TPSA) is 42.5 Å². The maximum Gasteiger partial charge on any atom is 0.166 e. The summed E-state index contributed by atoms with van der Waals surface area (Å²) in [5, 5.41) is 7.20. The summed E-state index contributed by atoms with van der Waals surface area (Å²) in [5.74, 6) is 1.58. The van der Waals surface area contributed by atoms with Crippen LogP contribution in [0.3, 0.4) is 0 Å². The fraction of sp³-hybridized carbons (Fsp3) is 0.533. The number of hydrogen-bond donors (Lipinski definition) is 2. The number of hydrogen-bond acceptors (Lipinski definition) is 3. The van der Waals surface area contributed by atoms with Gasteiger partial charge in [-0.15, -0.1) is 0 Å². The summed E-state index contributed by atoms with van der Waals surface area (Å²) in [5.41, 5.74) is 1.12. The maximum atomic E-state index is 5.61. The average Bonchev–Trinajstić information content (AvgIpc) is 3.23. The van der Waals surface area contributed by atoms with Crippen LogP contribution in [0.4, 0.5) is 0 Å². The molecule has 110 valence electrons. The lowest BCUT2D eigenvalue weighted by Gasteiger charge is -2.14. The molecule has 0 heterocycles. The van der Waals surface area contributed by atoms with Gasteiger partial charge in [0.25, 0.3) is 0 Å². The minimum absolute atomic E-state index is 0.578. The molecule has 4 nitrogen and oxygen atoms in total. The largest absolute Gasteiger partial charge is 0.490 e. The van der Waals surface area contributed by atoms with Crippen molar-refractivity contribution in [3.05, 3.63) is 23.8 Å². The van der Waals surface area contributed by atoms with E-state index in [9.17, 15) is 0 Å². The summed E-state index contributed by atoms with van der Waals surface area (Å²) in [4.78, 5) is 0. The van der Waals surface area contributed by atoms with E-state index >= 15 is 0 Å². The highest BCUT2D eigenvalue weighted by molar-refractivity contribution is 7.80. The molecule has 1 aliphatic carbocycles. The third-order valence-corrected chi connectivity index (χ3v) is 3.24. The number of thiocarbonyl (C=S) groups is 1. The van der Waals surface area contributed by atoms with Gasteiger partial charge in [-0.1, -0.05) is 6.07 Å². The molecule has 1 aromatic rings. The summed E-state index contributed by atoms with van der Waals surface area (Å²) in [6.45, 7) is 5.87. The van der Waals surface area contributed by atoms with E-state index in [1.54, 1.807) is 0 Å². The molecule has 0 saturated heterocycles. The van der Waals surface area contributed by atoms with Crippen LogP contribution in [0.25, 0.3) is 0 Å². The van der Waals surface area contributed by atoms with Gasteiger partial charge in [0.2, 0.25) is 0 Å². The lowest BCUT2D eigenvalue weighted by atomic mass is 10.2. The first-order valence-electron chi connectivity index (χ1n) is 7.15. The fourth-order valence-electron chi connectivity index (χ4n) is 1.85. The Hall–Kier alpha value is -1.49. The highest BCUT2D eigenvalue weighted by Crippen LogP contribution is 2.28. The molecule has 0 aliphatic heterocycles. The van der Waals surface area contributed by atoms with Crippen molar-refractivity contribution < 1.29 is 9.47 Å². The Balaban J connectivity index is 1.92. The van der Waals surface area contributed by atoms with E-state index in [0.29, 0.717) is 25.8 Å². The molecule has 1 aliphatic rings. The zero-order valence-electron chi connectivity index (χ0n) is 12.1. The van der Waals surface area contributed by atoms with Crippen molar-refractivity contribution in [3.63, 3.8) is 0 Å². The molecule has 0 aromatic heterocycles. The predicted octanol–water partition coefficient (Wildman–Crippen LogP) is 2.61. The van der Waals surface area contributed by atoms with Gasteiger partial charge in [0.05, 0.1) is 13.2 Å². The highest BCUT2D eigenvalue weighted by atomic mass is 32.1. The number of benzene rings is 1. The van der Waals surface area contributed by atoms with Gasteiger partial charge in [0.1, 0.15) is 0 Å². The van der Waals surface area contributed by atoms with Crippen molar-refractivity contribution >= 4 is 17.3 Å². The Morgan fingerprint density at radius 3 is 2.55 bits per heavy atom. The second kappa shape index (κ2) is 7.33. The second-order valence-corrected chi connectivity index (χ2v) is 5.16. The molecule has 0 radical (unpaired) electrons. The molecule has 1 aromatic carbocycles. The molecule has 0 amide bonds. The molecular formula is C15H22N2O2S. The zero-order valence-corrected chi connectivity index (χ0v) is 12.9. The SMILES string of the molecule is CCOc1ccc(CNC(=S)NC2CC2)cc1OCC. The molecule has 2 N–H and O–H groups in total. The quantitative estimate of drug-likeness (QED) is 0.757. The molecule has 1 saturated carbocycles. The smallest absolute Gasteiger partial charge is 0.166 e. The average molecular weight is 294 g/mol. The van der Waals surface area contributed by atoms with Crippen LogP contribution in [0.5, 0.6) is 11.5 Å². The maximum absolute atomic E-state index is 5.61. The van der Waals surface area contributed by atoms with Crippen LogP contribution in [0.15, 0.2) is 18.2 Å². The number of rotatable bonds is 7. The van der Waals surface area contributed by atoms with E-state index in [-0.39, 0.29) is 0 Å². The second-order valence-electron chi connectivity index (χ2n) is 4.75. The van der Waals surface area contributed by atoms with E-state index in [0.717, 1.165) is 22.2 Å². The van der Waals surface area contributed by atoms with Crippen LogP contribution < -0.4 is 20.1 Å². The van der Waals surface area contributed by atoms with E-state index in [1.807, 2.05) is 32.0 Å². The van der Waals surface area contributed by atoms with Crippen molar-refractivity contribution in [2.24, 2.45) is 0 Å². The normalized spacial score (nSPS) is 13.7. The fourth-order valence-corrected chi connectivity index (χ4v) is 2.09. The van der Waals surface area contributed by atoms with E-state index in [1.165, 1.54) is 12.8 Å². The summed E-state index contributed by atoms with van der Waals surface area (Å²) in [7, 11) is 0. The summed E-state index contributed by atoms with van der Waals surface area (Å²) < 4.78 is 11.2. The van der Waals surface area contributed by atoms with E-state index in [2.05, 4.69) is 10.6 Å². The summed E-state index contributed by atoms with van der Waals surface area (Å²) in [6.07, 6.45) is 2.44. The van der Waals surface area contributed by atoms with E-state index in [4.69, 9.17) is 21.7 Å². The van der Waals surface area contributed by atoms with Crippen molar-refractivity contribution in [1.82, 2.24) is 10.6 Å².